The molecule has 1 aromatic rings. The molecule has 0 aliphatic carbocycles. The molecule has 1 unspecified atom stereocenters. The van der Waals surface area contributed by atoms with Crippen LogP contribution < -0.4 is 5.32 Å². The van der Waals surface area contributed by atoms with Crippen molar-refractivity contribution >= 4 is 6.21 Å². The van der Waals surface area contributed by atoms with Crippen LogP contribution in [0.4, 0.5) is 0 Å². The lowest BCUT2D eigenvalue weighted by molar-refractivity contribution is 0.318. The molecule has 1 aromatic carbocycles. The lowest BCUT2D eigenvalue weighted by Crippen LogP contribution is -2.23. The molecule has 0 bridgehead atoms. The van der Waals surface area contributed by atoms with Crippen LogP contribution in [0.25, 0.3) is 0 Å². The summed E-state index contributed by atoms with van der Waals surface area (Å²) in [5, 5.41) is 15.4. The summed E-state index contributed by atoms with van der Waals surface area (Å²) in [4.78, 5) is 0. The second kappa shape index (κ2) is 12.4. The van der Waals surface area contributed by atoms with E-state index in [0.717, 1.165) is 12.1 Å². The zero-order chi connectivity index (χ0) is 15.2. The van der Waals surface area contributed by atoms with Crippen LogP contribution in [0.2, 0.25) is 0 Å². The molecule has 118 valence electrons. The molecule has 0 spiro atoms. The van der Waals surface area contributed by atoms with Crippen LogP contribution in [0.3, 0.4) is 0 Å². The van der Waals surface area contributed by atoms with Gasteiger partial charge >= 0.3 is 0 Å². The first kappa shape index (κ1) is 17.7. The summed E-state index contributed by atoms with van der Waals surface area (Å²) >= 11 is 0. The van der Waals surface area contributed by atoms with Crippen LogP contribution in [-0.4, -0.2) is 18.0 Å². The van der Waals surface area contributed by atoms with Crippen molar-refractivity contribution in [1.82, 2.24) is 5.32 Å². The molecule has 3 nitrogen and oxygen atoms in total. The van der Waals surface area contributed by atoms with Crippen LogP contribution in [0.5, 0.6) is 0 Å². The molecule has 1 rings (SSSR count). The highest BCUT2D eigenvalue weighted by molar-refractivity contribution is 5.66. The van der Waals surface area contributed by atoms with Crippen molar-refractivity contribution < 1.29 is 5.21 Å². The van der Waals surface area contributed by atoms with Crippen molar-refractivity contribution in [3.63, 3.8) is 0 Å². The number of nitrogens with zero attached hydrogens (tertiary/aromatic N) is 1. The summed E-state index contributed by atoms with van der Waals surface area (Å²) in [5.41, 5.74) is 1.13. The van der Waals surface area contributed by atoms with Crippen LogP contribution in [-0.2, 0) is 0 Å². The van der Waals surface area contributed by atoms with Gasteiger partial charge in [0.1, 0.15) is 0 Å². The molecule has 0 fully saturated rings. The first-order valence-corrected chi connectivity index (χ1v) is 8.34. The third kappa shape index (κ3) is 8.51. The zero-order valence-electron chi connectivity index (χ0n) is 13.3. The Morgan fingerprint density at radius 1 is 1.00 bits per heavy atom. The van der Waals surface area contributed by atoms with Gasteiger partial charge in [-0.2, -0.15) is 0 Å². The van der Waals surface area contributed by atoms with Gasteiger partial charge in [-0.1, -0.05) is 82.2 Å². The summed E-state index contributed by atoms with van der Waals surface area (Å²) in [6.45, 7) is 3.21. The van der Waals surface area contributed by atoms with Crippen molar-refractivity contribution in [1.29, 1.82) is 0 Å². The predicted molar refractivity (Wildman–Crippen MR) is 90.1 cm³/mol. The summed E-state index contributed by atoms with van der Waals surface area (Å²) in [6.07, 6.45) is 12.2. The van der Waals surface area contributed by atoms with Crippen LogP contribution >= 0.6 is 0 Å². The van der Waals surface area contributed by atoms with E-state index in [1.54, 1.807) is 6.21 Å². The van der Waals surface area contributed by atoms with Gasteiger partial charge < -0.3 is 10.5 Å². The minimum atomic E-state index is 0.000698. The molecule has 0 saturated carbocycles. The van der Waals surface area contributed by atoms with Gasteiger partial charge in [-0.25, -0.2) is 0 Å². The van der Waals surface area contributed by atoms with Gasteiger partial charge in [0.25, 0.3) is 0 Å². The molecule has 0 saturated heterocycles. The van der Waals surface area contributed by atoms with Gasteiger partial charge in [0.05, 0.1) is 12.3 Å². The Balaban J connectivity index is 2.12. The standard InChI is InChI=1S/C18H30N2O/c1-2-3-4-5-6-7-8-12-15-19-18(16-20-21)17-13-10-9-11-14-17/h9-11,13-14,16,18-19,21H,2-8,12,15H2,1H3/b20-16+. The Morgan fingerprint density at radius 3 is 2.24 bits per heavy atom. The zero-order valence-corrected chi connectivity index (χ0v) is 13.3. The molecule has 3 heteroatoms. The molecule has 0 aliphatic heterocycles. The average Bonchev–Trinajstić information content (AvgIpc) is 2.53. The van der Waals surface area contributed by atoms with Crippen molar-refractivity contribution in [2.75, 3.05) is 6.54 Å². The van der Waals surface area contributed by atoms with Crippen LogP contribution in [0, 0.1) is 0 Å². The molecule has 0 aromatic heterocycles. The van der Waals surface area contributed by atoms with E-state index in [1.807, 2.05) is 30.3 Å². The third-order valence-corrected chi connectivity index (χ3v) is 3.77. The normalized spacial score (nSPS) is 12.8. The van der Waals surface area contributed by atoms with E-state index in [4.69, 9.17) is 5.21 Å². The third-order valence-electron chi connectivity index (χ3n) is 3.77. The highest BCUT2D eigenvalue weighted by Gasteiger charge is 2.07. The van der Waals surface area contributed by atoms with Gasteiger partial charge in [-0.3, -0.25) is 0 Å². The molecule has 1 atom stereocenters. The monoisotopic (exact) mass is 290 g/mol. The Morgan fingerprint density at radius 2 is 1.62 bits per heavy atom. The van der Waals surface area contributed by atoms with Gasteiger partial charge in [0.15, 0.2) is 0 Å². The van der Waals surface area contributed by atoms with Crippen molar-refractivity contribution in [3.8, 4) is 0 Å². The highest BCUT2D eigenvalue weighted by atomic mass is 16.4. The summed E-state index contributed by atoms with van der Waals surface area (Å²) in [7, 11) is 0. The molecular weight excluding hydrogens is 260 g/mol. The number of rotatable bonds is 12. The van der Waals surface area contributed by atoms with Gasteiger partial charge in [0, 0.05) is 0 Å². The summed E-state index contributed by atoms with van der Waals surface area (Å²) < 4.78 is 0. The Hall–Kier alpha value is -1.35. The molecular formula is C18H30N2O. The lowest BCUT2D eigenvalue weighted by Gasteiger charge is -2.14. The van der Waals surface area contributed by atoms with Crippen molar-refractivity contribution in [2.45, 2.75) is 64.3 Å². The number of hydrogen-bond donors (Lipinski definition) is 2. The first-order valence-electron chi connectivity index (χ1n) is 8.34. The lowest BCUT2D eigenvalue weighted by atomic mass is 10.1. The number of hydrogen-bond acceptors (Lipinski definition) is 3. The molecule has 21 heavy (non-hydrogen) atoms. The second-order valence-corrected chi connectivity index (χ2v) is 5.58. The second-order valence-electron chi connectivity index (χ2n) is 5.58. The van der Waals surface area contributed by atoms with Crippen LogP contribution in [0.1, 0.15) is 69.9 Å². The molecule has 0 heterocycles. The topological polar surface area (TPSA) is 44.6 Å². The minimum Gasteiger partial charge on any atom is -0.411 e. The van der Waals surface area contributed by atoms with Gasteiger partial charge in [-0.15, -0.1) is 5.16 Å². The van der Waals surface area contributed by atoms with E-state index in [-0.39, 0.29) is 6.04 Å². The van der Waals surface area contributed by atoms with Gasteiger partial charge in [-0.05, 0) is 18.5 Å². The Labute approximate surface area is 129 Å². The Kier molecular flexibility index (Phi) is 10.4. The van der Waals surface area contributed by atoms with E-state index < -0.39 is 0 Å². The number of unbranched alkanes of at least 4 members (excludes halogenated alkanes) is 7. The van der Waals surface area contributed by atoms with E-state index >= 15 is 0 Å². The number of nitrogens with one attached hydrogen (secondary N) is 1. The van der Waals surface area contributed by atoms with E-state index in [9.17, 15) is 0 Å². The molecule has 0 amide bonds. The fourth-order valence-corrected chi connectivity index (χ4v) is 2.50. The highest BCUT2D eigenvalue weighted by Crippen LogP contribution is 2.11. The largest absolute Gasteiger partial charge is 0.411 e. The SMILES string of the molecule is CCCCCCCCCCNC(/C=N/O)c1ccccc1. The average molecular weight is 290 g/mol. The van der Waals surface area contributed by atoms with Gasteiger partial charge in [0.2, 0.25) is 0 Å². The fraction of sp³-hybridized carbons (Fsp3) is 0.611. The molecule has 0 aliphatic rings. The van der Waals surface area contributed by atoms with Crippen molar-refractivity contribution in [3.05, 3.63) is 35.9 Å². The van der Waals surface area contributed by atoms with E-state index in [1.165, 1.54) is 51.4 Å². The number of oxime groups is 1. The smallest absolute Gasteiger partial charge is 0.0714 e. The predicted octanol–water partition coefficient (Wildman–Crippen LogP) is 4.92. The summed E-state index contributed by atoms with van der Waals surface area (Å²) in [6, 6.07) is 10.1. The van der Waals surface area contributed by atoms with E-state index in [2.05, 4.69) is 17.4 Å². The summed E-state index contributed by atoms with van der Waals surface area (Å²) in [5.74, 6) is 0. The van der Waals surface area contributed by atoms with Crippen LogP contribution in [0.15, 0.2) is 35.5 Å². The maximum absolute atomic E-state index is 8.77. The maximum Gasteiger partial charge on any atom is 0.0714 e. The minimum absolute atomic E-state index is 0.000698. The van der Waals surface area contributed by atoms with Crippen molar-refractivity contribution in [2.24, 2.45) is 5.16 Å². The fourth-order valence-electron chi connectivity index (χ4n) is 2.50. The quantitative estimate of drug-likeness (QED) is 0.248. The number of benzene rings is 1. The molecule has 0 radical (unpaired) electrons. The molecule has 2 N–H and O–H groups in total. The Bertz CT molecular complexity index is 365. The van der Waals surface area contributed by atoms with E-state index in [0.29, 0.717) is 0 Å². The first-order chi connectivity index (χ1) is 10.4. The maximum atomic E-state index is 8.77.